The van der Waals surface area contributed by atoms with E-state index in [0.29, 0.717) is 18.1 Å². The van der Waals surface area contributed by atoms with E-state index in [2.05, 4.69) is 17.1 Å². The summed E-state index contributed by atoms with van der Waals surface area (Å²) < 4.78 is 15.8. The van der Waals surface area contributed by atoms with Gasteiger partial charge in [0.1, 0.15) is 0 Å². The minimum Gasteiger partial charge on any atom is -0.493 e. The van der Waals surface area contributed by atoms with Crippen LogP contribution < -0.4 is 9.47 Å². The SMILES string of the molecule is COC[C@H](N=Cc1ccc(OC)c(OC)c1)c1ccccc1. The van der Waals surface area contributed by atoms with Crippen LogP contribution in [0.2, 0.25) is 0 Å². The molecule has 0 heterocycles. The number of benzene rings is 2. The van der Waals surface area contributed by atoms with Gasteiger partial charge in [-0.05, 0) is 29.3 Å². The summed E-state index contributed by atoms with van der Waals surface area (Å²) in [5.74, 6) is 1.39. The van der Waals surface area contributed by atoms with Crippen LogP contribution in [0.1, 0.15) is 17.2 Å². The standard InChI is InChI=1S/C18H21NO3/c1-20-13-16(15-7-5-4-6-8-15)19-12-14-9-10-17(21-2)18(11-14)22-3/h4-12,16H,13H2,1-3H3/t16-/m0/s1. The number of aliphatic imine (C=N–C) groups is 1. The van der Waals surface area contributed by atoms with E-state index in [1.807, 2.05) is 42.6 Å². The molecule has 22 heavy (non-hydrogen) atoms. The van der Waals surface area contributed by atoms with Crippen LogP contribution in [0.3, 0.4) is 0 Å². The quantitative estimate of drug-likeness (QED) is 0.735. The van der Waals surface area contributed by atoms with Crippen LogP contribution in [0.4, 0.5) is 0 Å². The van der Waals surface area contributed by atoms with Crippen molar-refractivity contribution in [3.8, 4) is 11.5 Å². The summed E-state index contributed by atoms with van der Waals surface area (Å²) >= 11 is 0. The molecule has 4 nitrogen and oxygen atoms in total. The third-order valence-electron chi connectivity index (χ3n) is 3.32. The Morgan fingerprint density at radius 2 is 1.68 bits per heavy atom. The first-order valence-electron chi connectivity index (χ1n) is 7.07. The number of methoxy groups -OCH3 is 3. The molecule has 0 bridgehead atoms. The van der Waals surface area contributed by atoms with Crippen molar-refractivity contribution in [3.05, 3.63) is 59.7 Å². The van der Waals surface area contributed by atoms with E-state index in [4.69, 9.17) is 14.2 Å². The Balaban J connectivity index is 2.21. The van der Waals surface area contributed by atoms with Crippen molar-refractivity contribution in [2.24, 2.45) is 4.99 Å². The van der Waals surface area contributed by atoms with Crippen molar-refractivity contribution < 1.29 is 14.2 Å². The van der Waals surface area contributed by atoms with E-state index in [-0.39, 0.29) is 6.04 Å². The molecule has 1 atom stereocenters. The fourth-order valence-electron chi connectivity index (χ4n) is 2.17. The molecule has 4 heteroatoms. The molecule has 2 rings (SSSR count). The largest absolute Gasteiger partial charge is 0.493 e. The van der Waals surface area contributed by atoms with Gasteiger partial charge in [-0.1, -0.05) is 30.3 Å². The molecule has 0 saturated carbocycles. The molecule has 0 N–H and O–H groups in total. The van der Waals surface area contributed by atoms with Crippen LogP contribution in [-0.4, -0.2) is 34.2 Å². The second kappa shape index (κ2) is 8.20. The highest BCUT2D eigenvalue weighted by Gasteiger charge is 2.09. The zero-order chi connectivity index (χ0) is 15.8. The molecule has 0 radical (unpaired) electrons. The number of rotatable bonds is 7. The second-order valence-electron chi connectivity index (χ2n) is 4.77. The molecule has 0 amide bonds. The lowest BCUT2D eigenvalue weighted by Gasteiger charge is -2.12. The summed E-state index contributed by atoms with van der Waals surface area (Å²) in [6, 6.07) is 15.8. The highest BCUT2D eigenvalue weighted by Crippen LogP contribution is 2.27. The molecule has 0 aliphatic carbocycles. The average molecular weight is 299 g/mol. The minimum absolute atomic E-state index is 0.0284. The zero-order valence-electron chi connectivity index (χ0n) is 13.2. The van der Waals surface area contributed by atoms with Gasteiger partial charge in [0.25, 0.3) is 0 Å². The van der Waals surface area contributed by atoms with Crippen molar-refractivity contribution in [3.63, 3.8) is 0 Å². The first-order valence-corrected chi connectivity index (χ1v) is 7.07. The Morgan fingerprint density at radius 3 is 2.32 bits per heavy atom. The summed E-state index contributed by atoms with van der Waals surface area (Å²) in [6.07, 6.45) is 1.83. The van der Waals surface area contributed by atoms with Gasteiger partial charge in [-0.3, -0.25) is 4.99 Å². The molecule has 0 aliphatic rings. The molecule has 0 aliphatic heterocycles. The van der Waals surface area contributed by atoms with E-state index in [1.165, 1.54) is 0 Å². The third-order valence-corrected chi connectivity index (χ3v) is 3.32. The fourth-order valence-corrected chi connectivity index (χ4v) is 2.17. The summed E-state index contributed by atoms with van der Waals surface area (Å²) in [4.78, 5) is 4.64. The lowest BCUT2D eigenvalue weighted by molar-refractivity contribution is 0.182. The van der Waals surface area contributed by atoms with Crippen LogP contribution in [0.5, 0.6) is 11.5 Å². The van der Waals surface area contributed by atoms with Crippen LogP contribution in [0, 0.1) is 0 Å². The molecule has 2 aromatic carbocycles. The Morgan fingerprint density at radius 1 is 0.955 bits per heavy atom. The molecule has 2 aromatic rings. The highest BCUT2D eigenvalue weighted by molar-refractivity contribution is 5.81. The first kappa shape index (κ1) is 16.0. The van der Waals surface area contributed by atoms with E-state index in [0.717, 1.165) is 11.1 Å². The molecule has 0 saturated heterocycles. The van der Waals surface area contributed by atoms with Crippen molar-refractivity contribution in [1.82, 2.24) is 0 Å². The number of hydrogen-bond donors (Lipinski definition) is 0. The summed E-state index contributed by atoms with van der Waals surface area (Å²) in [6.45, 7) is 0.536. The van der Waals surface area contributed by atoms with Crippen molar-refractivity contribution in [1.29, 1.82) is 0 Å². The predicted molar refractivity (Wildman–Crippen MR) is 88.2 cm³/mol. The first-order chi connectivity index (χ1) is 10.8. The molecule has 0 fully saturated rings. The van der Waals surface area contributed by atoms with Crippen molar-refractivity contribution in [2.45, 2.75) is 6.04 Å². The summed E-state index contributed by atoms with van der Waals surface area (Å²) in [5, 5.41) is 0. The third kappa shape index (κ3) is 4.09. The average Bonchev–Trinajstić information content (AvgIpc) is 2.59. The van der Waals surface area contributed by atoms with Crippen LogP contribution >= 0.6 is 0 Å². The van der Waals surface area contributed by atoms with Gasteiger partial charge < -0.3 is 14.2 Å². The Hall–Kier alpha value is -2.33. The topological polar surface area (TPSA) is 40.0 Å². The van der Waals surface area contributed by atoms with Gasteiger partial charge in [-0.2, -0.15) is 0 Å². The summed E-state index contributed by atoms with van der Waals surface area (Å²) in [5.41, 5.74) is 2.08. The normalized spacial score (nSPS) is 12.3. The molecule has 116 valence electrons. The molecule has 0 unspecified atom stereocenters. The molecular formula is C18H21NO3. The van der Waals surface area contributed by atoms with Gasteiger partial charge in [0.15, 0.2) is 11.5 Å². The minimum atomic E-state index is -0.0284. The summed E-state index contributed by atoms with van der Waals surface area (Å²) in [7, 11) is 4.92. The molecule has 0 spiro atoms. The van der Waals surface area contributed by atoms with Gasteiger partial charge >= 0.3 is 0 Å². The van der Waals surface area contributed by atoms with Crippen LogP contribution in [-0.2, 0) is 4.74 Å². The predicted octanol–water partition coefficient (Wildman–Crippen LogP) is 3.51. The lowest BCUT2D eigenvalue weighted by Crippen LogP contribution is -2.04. The number of ether oxygens (including phenoxy) is 3. The van der Waals surface area contributed by atoms with E-state index in [1.54, 1.807) is 21.3 Å². The van der Waals surface area contributed by atoms with Gasteiger partial charge in [0.2, 0.25) is 0 Å². The van der Waals surface area contributed by atoms with Crippen molar-refractivity contribution >= 4 is 6.21 Å². The number of hydrogen-bond acceptors (Lipinski definition) is 4. The zero-order valence-corrected chi connectivity index (χ0v) is 13.2. The van der Waals surface area contributed by atoms with Gasteiger partial charge in [-0.15, -0.1) is 0 Å². The Labute approximate surface area is 131 Å². The Kier molecular flexibility index (Phi) is 5.98. The van der Waals surface area contributed by atoms with Gasteiger partial charge in [0.05, 0.1) is 26.9 Å². The molecule has 0 aromatic heterocycles. The van der Waals surface area contributed by atoms with Gasteiger partial charge in [0, 0.05) is 13.3 Å². The smallest absolute Gasteiger partial charge is 0.161 e. The monoisotopic (exact) mass is 299 g/mol. The second-order valence-corrected chi connectivity index (χ2v) is 4.77. The number of nitrogens with zero attached hydrogens (tertiary/aromatic N) is 1. The van der Waals surface area contributed by atoms with Crippen LogP contribution in [0.25, 0.3) is 0 Å². The van der Waals surface area contributed by atoms with E-state index < -0.39 is 0 Å². The van der Waals surface area contributed by atoms with Gasteiger partial charge in [-0.25, -0.2) is 0 Å². The Bertz CT molecular complexity index is 611. The van der Waals surface area contributed by atoms with Crippen LogP contribution in [0.15, 0.2) is 53.5 Å². The lowest BCUT2D eigenvalue weighted by atomic mass is 10.1. The van der Waals surface area contributed by atoms with E-state index >= 15 is 0 Å². The van der Waals surface area contributed by atoms with Crippen molar-refractivity contribution in [2.75, 3.05) is 27.9 Å². The van der Waals surface area contributed by atoms with E-state index in [9.17, 15) is 0 Å². The maximum Gasteiger partial charge on any atom is 0.161 e. The maximum atomic E-state index is 5.30. The highest BCUT2D eigenvalue weighted by atomic mass is 16.5. The maximum absolute atomic E-state index is 5.30. The molecular weight excluding hydrogens is 278 g/mol. The fraction of sp³-hybridized carbons (Fsp3) is 0.278.